The molecule has 1 amide bonds. The van der Waals surface area contributed by atoms with Crippen molar-refractivity contribution >= 4 is 23.0 Å². The normalized spacial score (nSPS) is 11.2. The molecule has 0 radical (unpaired) electrons. The van der Waals surface area contributed by atoms with Crippen molar-refractivity contribution in [2.75, 3.05) is 13.7 Å². The maximum Gasteiger partial charge on any atom is 0.246 e. The molecule has 3 aromatic rings. The Bertz CT molecular complexity index is 945. The van der Waals surface area contributed by atoms with Crippen LogP contribution in [0.4, 0.5) is 4.39 Å². The van der Waals surface area contributed by atoms with Gasteiger partial charge in [0.15, 0.2) is 11.3 Å². The molecule has 0 unspecified atom stereocenters. The highest BCUT2D eigenvalue weighted by Gasteiger charge is 2.11. The Hall–Kier alpha value is -3.08. The highest BCUT2D eigenvalue weighted by atomic mass is 19.1. The average molecular weight is 353 g/mol. The van der Waals surface area contributed by atoms with Crippen LogP contribution < -0.4 is 4.74 Å². The molecule has 0 bridgehead atoms. The van der Waals surface area contributed by atoms with Crippen LogP contribution in [0.1, 0.15) is 18.2 Å². The molecule has 0 atom stereocenters. The fourth-order valence-corrected chi connectivity index (χ4v) is 2.76. The molecule has 4 nitrogen and oxygen atoms in total. The second-order valence-corrected chi connectivity index (χ2v) is 5.84. The van der Waals surface area contributed by atoms with Crippen LogP contribution in [0, 0.1) is 5.82 Å². The molecule has 1 aromatic heterocycles. The highest BCUT2D eigenvalue weighted by Crippen LogP contribution is 2.28. The van der Waals surface area contributed by atoms with Crippen LogP contribution in [0.2, 0.25) is 0 Å². The molecule has 2 aromatic carbocycles. The number of ether oxygens (including phenoxy) is 1. The van der Waals surface area contributed by atoms with E-state index in [2.05, 4.69) is 0 Å². The molecule has 0 fully saturated rings. The van der Waals surface area contributed by atoms with Crippen LogP contribution in [0.5, 0.6) is 5.75 Å². The van der Waals surface area contributed by atoms with E-state index in [0.29, 0.717) is 30.2 Å². The van der Waals surface area contributed by atoms with Crippen LogP contribution in [0.3, 0.4) is 0 Å². The van der Waals surface area contributed by atoms with E-state index in [-0.39, 0.29) is 11.7 Å². The van der Waals surface area contributed by atoms with Gasteiger partial charge in [0, 0.05) is 24.6 Å². The largest absolute Gasteiger partial charge is 0.493 e. The number of rotatable bonds is 6. The molecule has 0 spiro atoms. The summed E-state index contributed by atoms with van der Waals surface area (Å²) in [6.45, 7) is 2.76. The standard InChI is InChI=1S/C21H20FNO3/c1-3-23(14-15-6-4-8-17(22)12-15)20(24)11-10-18-13-16-7-5-9-19(25-2)21(16)26-18/h4-13H,3,14H2,1-2H3/b11-10+. The van der Waals surface area contributed by atoms with Gasteiger partial charge in [-0.2, -0.15) is 0 Å². The van der Waals surface area contributed by atoms with Crippen molar-refractivity contribution in [2.24, 2.45) is 0 Å². The second kappa shape index (κ2) is 7.87. The second-order valence-electron chi connectivity index (χ2n) is 5.84. The fourth-order valence-electron chi connectivity index (χ4n) is 2.76. The van der Waals surface area contributed by atoms with Crippen molar-refractivity contribution in [1.82, 2.24) is 4.90 Å². The van der Waals surface area contributed by atoms with Crippen LogP contribution >= 0.6 is 0 Å². The Morgan fingerprint density at radius 2 is 2.04 bits per heavy atom. The van der Waals surface area contributed by atoms with Gasteiger partial charge in [-0.1, -0.05) is 24.3 Å². The van der Waals surface area contributed by atoms with Crippen LogP contribution in [0.15, 0.2) is 59.0 Å². The Morgan fingerprint density at radius 1 is 1.23 bits per heavy atom. The number of amides is 1. The van der Waals surface area contributed by atoms with Gasteiger partial charge in [-0.3, -0.25) is 4.79 Å². The molecule has 0 aliphatic heterocycles. The number of carbonyl (C=O) groups is 1. The molecule has 26 heavy (non-hydrogen) atoms. The molecule has 134 valence electrons. The molecule has 5 heteroatoms. The van der Waals surface area contributed by atoms with Crippen LogP contribution in [-0.4, -0.2) is 24.5 Å². The Labute approximate surface area is 151 Å². The summed E-state index contributed by atoms with van der Waals surface area (Å²) < 4.78 is 24.3. The highest BCUT2D eigenvalue weighted by molar-refractivity contribution is 5.92. The molecule has 3 rings (SSSR count). The van der Waals surface area contributed by atoms with E-state index in [1.54, 1.807) is 30.2 Å². The van der Waals surface area contributed by atoms with Crippen molar-refractivity contribution in [1.29, 1.82) is 0 Å². The fraction of sp³-hybridized carbons (Fsp3) is 0.190. The van der Waals surface area contributed by atoms with Gasteiger partial charge in [0.1, 0.15) is 11.6 Å². The van der Waals surface area contributed by atoms with E-state index in [4.69, 9.17) is 9.15 Å². The molecule has 0 aliphatic carbocycles. The first-order chi connectivity index (χ1) is 12.6. The van der Waals surface area contributed by atoms with Gasteiger partial charge >= 0.3 is 0 Å². The molecule has 0 saturated heterocycles. The molecular weight excluding hydrogens is 333 g/mol. The molecule has 0 aliphatic rings. The topological polar surface area (TPSA) is 42.7 Å². The maximum absolute atomic E-state index is 13.3. The van der Waals surface area contributed by atoms with Gasteiger partial charge in [0.2, 0.25) is 5.91 Å². The summed E-state index contributed by atoms with van der Waals surface area (Å²) in [5.74, 6) is 0.747. The summed E-state index contributed by atoms with van der Waals surface area (Å²) in [4.78, 5) is 14.1. The predicted molar refractivity (Wildman–Crippen MR) is 99.3 cm³/mol. The Kier molecular flexibility index (Phi) is 5.37. The Balaban J connectivity index is 1.75. The summed E-state index contributed by atoms with van der Waals surface area (Å²) >= 11 is 0. The first kappa shape index (κ1) is 17.7. The first-order valence-electron chi connectivity index (χ1n) is 8.38. The zero-order valence-corrected chi connectivity index (χ0v) is 14.7. The smallest absolute Gasteiger partial charge is 0.246 e. The number of hydrogen-bond donors (Lipinski definition) is 0. The number of methoxy groups -OCH3 is 1. The third-order valence-electron chi connectivity index (χ3n) is 4.09. The minimum Gasteiger partial charge on any atom is -0.493 e. The lowest BCUT2D eigenvalue weighted by molar-refractivity contribution is -0.126. The first-order valence-corrected chi connectivity index (χ1v) is 8.38. The third-order valence-corrected chi connectivity index (χ3v) is 4.09. The van der Waals surface area contributed by atoms with Crippen molar-refractivity contribution in [3.05, 3.63) is 71.7 Å². The van der Waals surface area contributed by atoms with Crippen LogP contribution in [0.25, 0.3) is 17.0 Å². The minimum absolute atomic E-state index is 0.163. The van der Waals surface area contributed by atoms with E-state index in [1.165, 1.54) is 18.2 Å². The third kappa shape index (κ3) is 3.94. The monoisotopic (exact) mass is 353 g/mol. The zero-order valence-electron chi connectivity index (χ0n) is 14.7. The van der Waals surface area contributed by atoms with E-state index in [1.807, 2.05) is 31.2 Å². The minimum atomic E-state index is -0.308. The van der Waals surface area contributed by atoms with Gasteiger partial charge in [0.25, 0.3) is 0 Å². The number of benzene rings is 2. The van der Waals surface area contributed by atoms with Gasteiger partial charge in [0.05, 0.1) is 7.11 Å². The lowest BCUT2D eigenvalue weighted by Gasteiger charge is -2.19. The summed E-state index contributed by atoms with van der Waals surface area (Å²) in [7, 11) is 1.59. The number of nitrogens with zero attached hydrogens (tertiary/aromatic N) is 1. The van der Waals surface area contributed by atoms with Crippen molar-refractivity contribution in [2.45, 2.75) is 13.5 Å². The summed E-state index contributed by atoms with van der Waals surface area (Å²) in [6.07, 6.45) is 3.10. The quantitative estimate of drug-likeness (QED) is 0.606. The van der Waals surface area contributed by atoms with Crippen LogP contribution in [-0.2, 0) is 11.3 Å². The summed E-state index contributed by atoms with van der Waals surface area (Å²) in [5, 5.41) is 0.906. The van der Waals surface area contributed by atoms with Gasteiger partial charge in [-0.15, -0.1) is 0 Å². The molecule has 1 heterocycles. The van der Waals surface area contributed by atoms with Gasteiger partial charge in [-0.25, -0.2) is 4.39 Å². The number of likely N-dealkylation sites (N-methyl/N-ethyl adjacent to an activating group) is 1. The van der Waals surface area contributed by atoms with Crippen molar-refractivity contribution < 1.29 is 18.3 Å². The lowest BCUT2D eigenvalue weighted by atomic mass is 10.2. The van der Waals surface area contributed by atoms with Crippen molar-refractivity contribution in [3.8, 4) is 5.75 Å². The lowest BCUT2D eigenvalue weighted by Crippen LogP contribution is -2.28. The summed E-state index contributed by atoms with van der Waals surface area (Å²) in [5.41, 5.74) is 1.40. The molecular formula is C21H20FNO3. The number of para-hydroxylation sites is 1. The molecule has 0 N–H and O–H groups in total. The number of halogens is 1. The maximum atomic E-state index is 13.3. The average Bonchev–Trinajstić information content (AvgIpc) is 3.07. The number of fused-ring (bicyclic) bond motifs is 1. The van der Waals surface area contributed by atoms with Gasteiger partial charge in [-0.05, 0) is 42.8 Å². The van der Waals surface area contributed by atoms with Gasteiger partial charge < -0.3 is 14.1 Å². The Morgan fingerprint density at radius 3 is 2.77 bits per heavy atom. The van der Waals surface area contributed by atoms with Crippen molar-refractivity contribution in [3.63, 3.8) is 0 Å². The predicted octanol–water partition coefficient (Wildman–Crippen LogP) is 4.64. The SMILES string of the molecule is CCN(Cc1cccc(F)c1)C(=O)/C=C/c1cc2cccc(OC)c2o1. The summed E-state index contributed by atoms with van der Waals surface area (Å²) in [6, 6.07) is 13.7. The number of hydrogen-bond acceptors (Lipinski definition) is 3. The molecule has 0 saturated carbocycles. The van der Waals surface area contributed by atoms with E-state index >= 15 is 0 Å². The number of furan rings is 1. The van der Waals surface area contributed by atoms with E-state index < -0.39 is 0 Å². The number of carbonyl (C=O) groups excluding carboxylic acids is 1. The van der Waals surface area contributed by atoms with E-state index in [0.717, 1.165) is 10.9 Å². The zero-order chi connectivity index (χ0) is 18.5. The van der Waals surface area contributed by atoms with E-state index in [9.17, 15) is 9.18 Å².